The van der Waals surface area contributed by atoms with Crippen molar-refractivity contribution in [2.75, 3.05) is 0 Å². The molecule has 5 nitrogen and oxygen atoms in total. The van der Waals surface area contributed by atoms with Crippen LogP contribution in [0.3, 0.4) is 0 Å². The maximum atomic E-state index is 12.8. The van der Waals surface area contributed by atoms with E-state index in [1.54, 1.807) is 29.1 Å². The zero-order valence-electron chi connectivity index (χ0n) is 19.5. The van der Waals surface area contributed by atoms with Crippen LogP contribution in [0.4, 0.5) is 0 Å². The maximum absolute atomic E-state index is 12.8. The number of carbonyl (C=O) groups excluding carboxylic acids is 1. The zero-order chi connectivity index (χ0) is 24.9. The Morgan fingerprint density at radius 1 is 0.833 bits per heavy atom. The Bertz CT molecular complexity index is 1590. The first-order chi connectivity index (χ1) is 17.5. The number of amides is 1. The van der Waals surface area contributed by atoms with Crippen LogP contribution in [0.25, 0.3) is 10.9 Å². The van der Waals surface area contributed by atoms with Crippen molar-refractivity contribution >= 4 is 28.4 Å². The van der Waals surface area contributed by atoms with E-state index in [1.165, 1.54) is 0 Å². The van der Waals surface area contributed by atoms with Crippen LogP contribution >= 0.6 is 11.6 Å². The number of halogens is 1. The van der Waals surface area contributed by atoms with Gasteiger partial charge in [0.2, 0.25) is 0 Å². The Balaban J connectivity index is 1.22. The summed E-state index contributed by atoms with van der Waals surface area (Å²) in [5.41, 5.74) is 5.62. The summed E-state index contributed by atoms with van der Waals surface area (Å²) in [7, 11) is 0. The van der Waals surface area contributed by atoms with E-state index >= 15 is 0 Å². The van der Waals surface area contributed by atoms with Gasteiger partial charge in [0.15, 0.2) is 0 Å². The van der Waals surface area contributed by atoms with Crippen LogP contribution in [0.5, 0.6) is 0 Å². The number of hydrogen-bond donors (Lipinski definition) is 1. The van der Waals surface area contributed by atoms with E-state index in [0.29, 0.717) is 30.1 Å². The molecule has 5 rings (SSSR count). The monoisotopic (exact) mass is 493 g/mol. The summed E-state index contributed by atoms with van der Waals surface area (Å²) in [6.07, 6.45) is 4.27. The van der Waals surface area contributed by atoms with Crippen molar-refractivity contribution in [2.24, 2.45) is 0 Å². The largest absolute Gasteiger partial charge is 0.348 e. The van der Waals surface area contributed by atoms with Gasteiger partial charge in [0.1, 0.15) is 0 Å². The lowest BCUT2D eigenvalue weighted by Gasteiger charge is -2.09. The highest BCUT2D eigenvalue weighted by Crippen LogP contribution is 2.19. The lowest BCUT2D eigenvalue weighted by molar-refractivity contribution is 0.0951. The Kier molecular flexibility index (Phi) is 6.92. The Morgan fingerprint density at radius 2 is 1.67 bits per heavy atom. The molecule has 0 spiro atoms. The topological polar surface area (TPSA) is 64.0 Å². The van der Waals surface area contributed by atoms with Crippen molar-refractivity contribution in [2.45, 2.75) is 19.5 Å². The van der Waals surface area contributed by atoms with Gasteiger partial charge in [-0.05, 0) is 71.1 Å². The molecule has 1 N–H and O–H groups in total. The molecule has 0 bridgehead atoms. The normalized spacial score (nSPS) is 10.9. The first-order valence-corrected chi connectivity index (χ1v) is 12.1. The fourth-order valence-corrected chi connectivity index (χ4v) is 4.32. The zero-order valence-corrected chi connectivity index (χ0v) is 20.3. The molecule has 2 heterocycles. The fraction of sp³-hybridized carbons (Fsp3) is 0.100. The second-order valence-corrected chi connectivity index (χ2v) is 9.16. The molecule has 0 aliphatic rings. The highest BCUT2D eigenvalue weighted by molar-refractivity contribution is 6.31. The fourth-order valence-electron chi connectivity index (χ4n) is 4.14. The molecule has 0 aliphatic carbocycles. The number of aromatic nitrogens is 2. The standard InChI is InChI=1S/C30H24ClN3O2/c31-27-11-12-28-26(17-27)16-24(18-32-28)19-33-30(36)25-5-3-4-23(15-25)14-21-7-9-22(10-8-21)20-34-13-2-1-6-29(34)35/h1-13,15-18H,14,19-20H2,(H,33,36). The average molecular weight is 494 g/mol. The van der Waals surface area contributed by atoms with Crippen molar-refractivity contribution in [1.29, 1.82) is 0 Å². The van der Waals surface area contributed by atoms with Gasteiger partial charge in [0.05, 0.1) is 12.1 Å². The van der Waals surface area contributed by atoms with E-state index < -0.39 is 0 Å². The van der Waals surface area contributed by atoms with E-state index in [2.05, 4.69) is 22.4 Å². The number of fused-ring (bicyclic) bond motifs is 1. The first-order valence-electron chi connectivity index (χ1n) is 11.7. The molecular formula is C30H24ClN3O2. The summed E-state index contributed by atoms with van der Waals surface area (Å²) in [5.74, 6) is -0.133. The Labute approximate surface area is 214 Å². The third-order valence-corrected chi connectivity index (χ3v) is 6.26. The van der Waals surface area contributed by atoms with Crippen molar-refractivity contribution in [3.63, 3.8) is 0 Å². The molecule has 178 valence electrons. The number of rotatable bonds is 7. The average Bonchev–Trinajstić information content (AvgIpc) is 2.89. The molecule has 1 amide bonds. The van der Waals surface area contributed by atoms with E-state index in [0.717, 1.165) is 33.2 Å². The predicted molar refractivity (Wildman–Crippen MR) is 143 cm³/mol. The molecule has 0 saturated heterocycles. The molecule has 0 fully saturated rings. The van der Waals surface area contributed by atoms with Crippen molar-refractivity contribution in [3.05, 3.63) is 147 Å². The van der Waals surface area contributed by atoms with Crippen LogP contribution in [-0.4, -0.2) is 15.5 Å². The lowest BCUT2D eigenvalue weighted by atomic mass is 10.0. The molecule has 5 aromatic rings. The molecule has 0 radical (unpaired) electrons. The van der Waals surface area contributed by atoms with Gasteiger partial charge in [-0.2, -0.15) is 0 Å². The van der Waals surface area contributed by atoms with Crippen LogP contribution in [-0.2, 0) is 19.5 Å². The third kappa shape index (κ3) is 5.70. The van der Waals surface area contributed by atoms with Crippen LogP contribution in [0.1, 0.15) is 32.6 Å². The van der Waals surface area contributed by atoms with Gasteiger partial charge in [-0.25, -0.2) is 0 Å². The lowest BCUT2D eigenvalue weighted by Crippen LogP contribution is -2.23. The van der Waals surface area contributed by atoms with E-state index in [9.17, 15) is 9.59 Å². The molecule has 36 heavy (non-hydrogen) atoms. The van der Waals surface area contributed by atoms with Crippen molar-refractivity contribution < 1.29 is 4.79 Å². The molecule has 2 aromatic heterocycles. The summed E-state index contributed by atoms with van der Waals surface area (Å²) in [4.78, 5) is 29.2. The van der Waals surface area contributed by atoms with Crippen LogP contribution in [0, 0.1) is 0 Å². The molecule has 0 aliphatic heterocycles. The molecule has 0 saturated carbocycles. The summed E-state index contributed by atoms with van der Waals surface area (Å²) in [6, 6.07) is 28.6. The van der Waals surface area contributed by atoms with Crippen LogP contribution < -0.4 is 10.9 Å². The minimum absolute atomic E-state index is 0.0158. The first kappa shape index (κ1) is 23.5. The Hall–Kier alpha value is -4.22. The second-order valence-electron chi connectivity index (χ2n) is 8.72. The number of nitrogens with zero attached hydrogens (tertiary/aromatic N) is 2. The number of benzene rings is 3. The molecule has 0 atom stereocenters. The van der Waals surface area contributed by atoms with Gasteiger partial charge < -0.3 is 9.88 Å². The van der Waals surface area contributed by atoms with Crippen molar-refractivity contribution in [3.8, 4) is 0 Å². The number of pyridine rings is 2. The predicted octanol–water partition coefficient (Wildman–Crippen LogP) is 5.62. The van der Waals surface area contributed by atoms with Gasteiger partial charge in [0.25, 0.3) is 11.5 Å². The van der Waals surface area contributed by atoms with E-state index in [-0.39, 0.29) is 11.5 Å². The molecular weight excluding hydrogens is 470 g/mol. The molecule has 0 unspecified atom stereocenters. The SMILES string of the molecule is O=C(NCc1cnc2ccc(Cl)cc2c1)c1cccc(Cc2ccc(Cn3ccccc3=O)cc2)c1. The van der Waals surface area contributed by atoms with Gasteiger partial charge in [0, 0.05) is 41.0 Å². The van der Waals surface area contributed by atoms with E-state index in [4.69, 9.17) is 11.6 Å². The number of nitrogens with one attached hydrogen (secondary N) is 1. The quantitative estimate of drug-likeness (QED) is 0.320. The van der Waals surface area contributed by atoms with Crippen LogP contribution in [0.2, 0.25) is 5.02 Å². The summed E-state index contributed by atoms with van der Waals surface area (Å²) in [6.45, 7) is 0.917. The number of carbonyl (C=O) groups is 1. The number of hydrogen-bond acceptors (Lipinski definition) is 3. The highest BCUT2D eigenvalue weighted by atomic mass is 35.5. The molecule has 3 aromatic carbocycles. The maximum Gasteiger partial charge on any atom is 0.251 e. The molecule has 6 heteroatoms. The second kappa shape index (κ2) is 10.6. The van der Waals surface area contributed by atoms with Gasteiger partial charge in [-0.1, -0.05) is 54.1 Å². The van der Waals surface area contributed by atoms with E-state index in [1.807, 2.05) is 66.7 Å². The summed E-state index contributed by atoms with van der Waals surface area (Å²) >= 11 is 6.09. The van der Waals surface area contributed by atoms with Crippen molar-refractivity contribution in [1.82, 2.24) is 14.9 Å². The highest BCUT2D eigenvalue weighted by Gasteiger charge is 2.08. The third-order valence-electron chi connectivity index (χ3n) is 6.03. The Morgan fingerprint density at radius 3 is 2.50 bits per heavy atom. The minimum atomic E-state index is -0.133. The van der Waals surface area contributed by atoms with Crippen LogP contribution in [0.15, 0.2) is 108 Å². The van der Waals surface area contributed by atoms with Gasteiger partial charge in [-0.3, -0.25) is 14.6 Å². The smallest absolute Gasteiger partial charge is 0.251 e. The minimum Gasteiger partial charge on any atom is -0.348 e. The van der Waals surface area contributed by atoms with Gasteiger partial charge >= 0.3 is 0 Å². The summed E-state index contributed by atoms with van der Waals surface area (Å²) in [5, 5.41) is 4.58. The van der Waals surface area contributed by atoms with Gasteiger partial charge in [-0.15, -0.1) is 0 Å². The summed E-state index contributed by atoms with van der Waals surface area (Å²) < 4.78 is 1.68.